The van der Waals surface area contributed by atoms with E-state index in [0.717, 1.165) is 11.1 Å². The van der Waals surface area contributed by atoms with Crippen LogP contribution in [0.25, 0.3) is 0 Å². The first-order chi connectivity index (χ1) is 15.1. The van der Waals surface area contributed by atoms with Crippen LogP contribution in [0.3, 0.4) is 0 Å². The number of para-hydroxylation sites is 1. The van der Waals surface area contributed by atoms with Crippen LogP contribution in [0.4, 0.5) is 0 Å². The second-order valence-corrected chi connectivity index (χ2v) is 10.1. The van der Waals surface area contributed by atoms with Crippen LogP contribution in [0, 0.1) is 12.8 Å². The molecule has 3 aromatic carbocycles. The summed E-state index contributed by atoms with van der Waals surface area (Å²) < 4.78 is 5.75. The highest BCUT2D eigenvalue weighted by molar-refractivity contribution is 5.81. The molecule has 0 saturated carbocycles. The zero-order chi connectivity index (χ0) is 22.9. The van der Waals surface area contributed by atoms with Gasteiger partial charge in [0.15, 0.2) is 0 Å². The molecule has 164 valence electrons. The Morgan fingerprint density at radius 3 is 2.22 bits per heavy atom. The molecule has 0 spiro atoms. The van der Waals surface area contributed by atoms with E-state index in [4.69, 9.17) is 4.74 Å². The van der Waals surface area contributed by atoms with Gasteiger partial charge in [-0.1, -0.05) is 81.4 Å². The van der Waals surface area contributed by atoms with Crippen LogP contribution in [0.15, 0.2) is 66.7 Å². The molecule has 4 nitrogen and oxygen atoms in total. The number of carbonyl (C=O) groups is 1. The maximum Gasteiger partial charge on any atom is 0.318 e. The number of hydrogen-bond donors (Lipinski definition) is 2. The molecule has 6 rings (SSSR count). The third-order valence-corrected chi connectivity index (χ3v) is 7.12. The summed E-state index contributed by atoms with van der Waals surface area (Å²) in [6.07, 6.45) is 0.0613. The van der Waals surface area contributed by atoms with Gasteiger partial charge in [-0.2, -0.15) is 0 Å². The quantitative estimate of drug-likeness (QED) is 0.459. The van der Waals surface area contributed by atoms with E-state index in [9.17, 15) is 15.0 Å². The van der Waals surface area contributed by atoms with Gasteiger partial charge >= 0.3 is 5.97 Å². The number of carbonyl (C=O) groups excluding carboxylic acids is 1. The summed E-state index contributed by atoms with van der Waals surface area (Å²) in [7, 11) is 0. The number of rotatable bonds is 2. The zero-order valence-electron chi connectivity index (χ0n) is 18.8. The molecule has 3 aliphatic carbocycles. The number of hydrogen-bond acceptors (Lipinski definition) is 4. The summed E-state index contributed by atoms with van der Waals surface area (Å²) in [5, 5.41) is 24.2. The van der Waals surface area contributed by atoms with Crippen molar-refractivity contribution in [1.82, 2.24) is 0 Å². The van der Waals surface area contributed by atoms with Gasteiger partial charge in [0, 0.05) is 6.42 Å². The van der Waals surface area contributed by atoms with E-state index < -0.39 is 23.1 Å². The van der Waals surface area contributed by atoms with E-state index in [1.807, 2.05) is 61.5 Å². The predicted octanol–water partition coefficient (Wildman–Crippen LogP) is 4.70. The van der Waals surface area contributed by atoms with Crippen molar-refractivity contribution >= 4 is 5.97 Å². The van der Waals surface area contributed by atoms with Gasteiger partial charge in [0.1, 0.15) is 17.0 Å². The van der Waals surface area contributed by atoms with Gasteiger partial charge in [0.2, 0.25) is 0 Å². The van der Waals surface area contributed by atoms with Crippen LogP contribution in [-0.2, 0) is 21.4 Å². The summed E-state index contributed by atoms with van der Waals surface area (Å²) in [5.41, 5.74) is 1.29. The first-order valence-corrected chi connectivity index (χ1v) is 11.0. The number of fused-ring (bicyclic) bond motifs is 1. The molecule has 0 aliphatic heterocycles. The number of ether oxygens (including phenoxy) is 1. The molecule has 4 heteroatoms. The monoisotopic (exact) mass is 428 g/mol. The molecule has 2 N–H and O–H groups in total. The molecule has 0 fully saturated rings. The average Bonchev–Trinajstić information content (AvgIpc) is 2.76. The summed E-state index contributed by atoms with van der Waals surface area (Å²) in [6.45, 7) is 8.22. The Balaban J connectivity index is 1.68. The van der Waals surface area contributed by atoms with E-state index in [0.29, 0.717) is 28.0 Å². The smallest absolute Gasteiger partial charge is 0.318 e. The zero-order valence-corrected chi connectivity index (χ0v) is 18.8. The van der Waals surface area contributed by atoms with Crippen molar-refractivity contribution in [3.63, 3.8) is 0 Å². The van der Waals surface area contributed by atoms with Gasteiger partial charge in [-0.05, 0) is 51.8 Å². The summed E-state index contributed by atoms with van der Waals surface area (Å²) in [6, 6.07) is 20.5. The van der Waals surface area contributed by atoms with Crippen molar-refractivity contribution in [3.8, 4) is 5.75 Å². The first-order valence-electron chi connectivity index (χ1n) is 11.0. The fourth-order valence-corrected chi connectivity index (χ4v) is 5.29. The van der Waals surface area contributed by atoms with Crippen molar-refractivity contribution in [2.24, 2.45) is 5.92 Å². The lowest BCUT2D eigenvalue weighted by Gasteiger charge is -2.54. The lowest BCUT2D eigenvalue weighted by Crippen LogP contribution is -2.57. The summed E-state index contributed by atoms with van der Waals surface area (Å²) in [5.74, 6) is -1.01. The molecular formula is C28H28O4. The van der Waals surface area contributed by atoms with E-state index in [1.165, 1.54) is 0 Å². The Morgan fingerprint density at radius 1 is 0.906 bits per heavy atom. The van der Waals surface area contributed by atoms with E-state index in [2.05, 4.69) is 20.8 Å². The largest absolute Gasteiger partial charge is 0.426 e. The Kier molecular flexibility index (Phi) is 4.43. The second-order valence-electron chi connectivity index (χ2n) is 10.1. The SMILES string of the molecule is Cc1ccccc1OC(=O)C1CC2(O)c3ccccc3C1(O)c1ccc(C(C)(C)C)cc12. The van der Waals surface area contributed by atoms with Crippen LogP contribution in [-0.4, -0.2) is 16.2 Å². The van der Waals surface area contributed by atoms with Crippen molar-refractivity contribution in [2.45, 2.75) is 50.7 Å². The standard InChI is InChI=1S/C28H28O4/c1-17-9-5-8-12-24(17)32-25(29)23-16-27(30)19-10-6-7-11-20(19)28(23,31)21-14-13-18(15-22(21)27)26(2,3)4/h5-15,23,30-31H,16H2,1-4H3. The highest BCUT2D eigenvalue weighted by Gasteiger charge is 2.62. The minimum Gasteiger partial charge on any atom is -0.426 e. The van der Waals surface area contributed by atoms with Gasteiger partial charge in [0.05, 0.1) is 5.92 Å². The van der Waals surface area contributed by atoms with Crippen molar-refractivity contribution in [1.29, 1.82) is 0 Å². The van der Waals surface area contributed by atoms with E-state index in [-0.39, 0.29) is 11.8 Å². The molecule has 3 atom stereocenters. The molecule has 32 heavy (non-hydrogen) atoms. The Hall–Kier alpha value is -2.95. The van der Waals surface area contributed by atoms with Gasteiger partial charge in [-0.15, -0.1) is 0 Å². The molecule has 0 amide bonds. The molecule has 0 saturated heterocycles. The number of esters is 1. The van der Waals surface area contributed by atoms with Crippen molar-refractivity contribution in [2.75, 3.05) is 0 Å². The molecule has 3 aromatic rings. The molecule has 0 aromatic heterocycles. The van der Waals surface area contributed by atoms with Gasteiger partial charge in [-0.3, -0.25) is 4.79 Å². The van der Waals surface area contributed by atoms with Crippen LogP contribution >= 0.6 is 0 Å². The maximum absolute atomic E-state index is 13.4. The molecule has 0 heterocycles. The number of aliphatic hydroxyl groups is 2. The van der Waals surface area contributed by atoms with Crippen molar-refractivity contribution < 1.29 is 19.7 Å². The summed E-state index contributed by atoms with van der Waals surface area (Å²) in [4.78, 5) is 13.4. The van der Waals surface area contributed by atoms with Crippen LogP contribution in [0.5, 0.6) is 5.75 Å². The lowest BCUT2D eigenvalue weighted by atomic mass is 9.54. The highest BCUT2D eigenvalue weighted by Crippen LogP contribution is 2.60. The third kappa shape index (κ3) is 2.79. The normalized spacial score (nSPS) is 25.8. The van der Waals surface area contributed by atoms with E-state index >= 15 is 0 Å². The highest BCUT2D eigenvalue weighted by atomic mass is 16.5. The fraction of sp³-hybridized carbons (Fsp3) is 0.321. The molecule has 3 unspecified atom stereocenters. The van der Waals surface area contributed by atoms with Crippen molar-refractivity contribution in [3.05, 3.63) is 100 Å². The first kappa shape index (κ1) is 20.9. The van der Waals surface area contributed by atoms with Crippen LogP contribution in [0.2, 0.25) is 0 Å². The second kappa shape index (κ2) is 6.77. The Labute approximate surface area is 188 Å². The topological polar surface area (TPSA) is 66.8 Å². The van der Waals surface area contributed by atoms with Gasteiger partial charge < -0.3 is 14.9 Å². The lowest BCUT2D eigenvalue weighted by molar-refractivity contribution is -0.157. The fourth-order valence-electron chi connectivity index (χ4n) is 5.29. The van der Waals surface area contributed by atoms with Gasteiger partial charge in [0.25, 0.3) is 0 Å². The number of benzene rings is 3. The Bertz CT molecular complexity index is 1240. The maximum atomic E-state index is 13.4. The average molecular weight is 429 g/mol. The van der Waals surface area contributed by atoms with E-state index in [1.54, 1.807) is 12.1 Å². The van der Waals surface area contributed by atoms with Gasteiger partial charge in [-0.25, -0.2) is 0 Å². The minimum absolute atomic E-state index is 0.0613. The van der Waals surface area contributed by atoms with Crippen LogP contribution < -0.4 is 4.74 Å². The molecule has 3 aliphatic rings. The molecule has 0 radical (unpaired) electrons. The minimum atomic E-state index is -1.58. The number of aryl methyl sites for hydroxylation is 1. The third-order valence-electron chi connectivity index (χ3n) is 7.12. The Morgan fingerprint density at radius 2 is 1.53 bits per heavy atom. The predicted molar refractivity (Wildman–Crippen MR) is 123 cm³/mol. The van der Waals surface area contributed by atoms with Crippen LogP contribution in [0.1, 0.15) is 60.6 Å². The molecule has 2 bridgehead atoms. The molecular weight excluding hydrogens is 400 g/mol. The summed E-state index contributed by atoms with van der Waals surface area (Å²) >= 11 is 0.